The first-order valence-electron chi connectivity index (χ1n) is 3.43. The van der Waals surface area contributed by atoms with Crippen LogP contribution in [0.25, 0.3) is 0 Å². The summed E-state index contributed by atoms with van der Waals surface area (Å²) in [4.78, 5) is 0. The van der Waals surface area contributed by atoms with Crippen molar-refractivity contribution in [2.45, 2.75) is 6.04 Å². The number of rotatable bonds is 0. The van der Waals surface area contributed by atoms with Gasteiger partial charge in [-0.25, -0.2) is 0 Å². The SMILES string of the molecule is [O-]C1=CC=CC2C=CI=NC12. The van der Waals surface area contributed by atoms with Crippen molar-refractivity contribution in [1.82, 2.24) is 0 Å². The zero-order valence-electron chi connectivity index (χ0n) is 5.77. The number of nitrogens with zero attached hydrogens (tertiary/aromatic N) is 1. The monoisotopic (exact) mass is 260 g/mol. The van der Waals surface area contributed by atoms with Crippen molar-refractivity contribution in [3.63, 3.8) is 0 Å². The molecule has 2 aliphatic rings. The van der Waals surface area contributed by atoms with Gasteiger partial charge in [-0.1, -0.05) is 24.3 Å². The van der Waals surface area contributed by atoms with Gasteiger partial charge in [0.25, 0.3) is 0 Å². The van der Waals surface area contributed by atoms with Crippen molar-refractivity contribution < 1.29 is 5.11 Å². The first-order valence-corrected chi connectivity index (χ1v) is 5.64. The second kappa shape index (κ2) is 2.89. The van der Waals surface area contributed by atoms with E-state index in [9.17, 15) is 5.11 Å². The zero-order valence-corrected chi connectivity index (χ0v) is 7.93. The topological polar surface area (TPSA) is 35.4 Å². The lowest BCUT2D eigenvalue weighted by atomic mass is 9.95. The Labute approximate surface area is 75.5 Å². The van der Waals surface area contributed by atoms with Gasteiger partial charge in [-0.2, -0.15) is 0 Å². The first kappa shape index (κ1) is 7.21. The van der Waals surface area contributed by atoms with E-state index >= 15 is 0 Å². The van der Waals surface area contributed by atoms with Crippen LogP contribution in [0.5, 0.6) is 0 Å². The van der Waals surface area contributed by atoms with E-state index < -0.39 is 0 Å². The van der Waals surface area contributed by atoms with Crippen LogP contribution in [0, 0.1) is 5.92 Å². The molecule has 58 valence electrons. The standard InChI is InChI=1S/C8H8INO/c11-7-3-1-2-6-4-5-9-10-8(6)7/h1-6,8,11H/p-1. The van der Waals surface area contributed by atoms with E-state index in [0.717, 1.165) is 0 Å². The molecule has 0 bridgehead atoms. The minimum Gasteiger partial charge on any atom is -0.874 e. The highest BCUT2D eigenvalue weighted by Gasteiger charge is 2.18. The summed E-state index contributed by atoms with van der Waals surface area (Å²) in [6, 6.07) is -0.0715. The average molecular weight is 260 g/mol. The normalized spacial score (nSPS) is 34.0. The Hall–Kier alpha value is -0.450. The third-order valence-electron chi connectivity index (χ3n) is 1.76. The number of halogens is 1. The van der Waals surface area contributed by atoms with Crippen LogP contribution in [0.2, 0.25) is 0 Å². The Morgan fingerprint density at radius 1 is 1.45 bits per heavy atom. The molecular formula is C8H7INO-. The molecular weight excluding hydrogens is 253 g/mol. The highest BCUT2D eigenvalue weighted by atomic mass is 127. The molecule has 0 spiro atoms. The van der Waals surface area contributed by atoms with Crippen molar-refractivity contribution in [3.05, 3.63) is 34.1 Å². The van der Waals surface area contributed by atoms with Gasteiger partial charge < -0.3 is 5.11 Å². The minimum atomic E-state index is -0.189. The summed E-state index contributed by atoms with van der Waals surface area (Å²) >= 11 is -0.189. The van der Waals surface area contributed by atoms with E-state index in [1.807, 2.05) is 12.2 Å². The van der Waals surface area contributed by atoms with Gasteiger partial charge in [0.2, 0.25) is 0 Å². The fourth-order valence-electron chi connectivity index (χ4n) is 1.16. The van der Waals surface area contributed by atoms with E-state index in [-0.39, 0.29) is 38.8 Å². The Balaban J connectivity index is 2.33. The van der Waals surface area contributed by atoms with Gasteiger partial charge in [0, 0.05) is 27.0 Å². The molecule has 0 N–H and O–H groups in total. The van der Waals surface area contributed by atoms with Crippen LogP contribution in [-0.2, 0) is 0 Å². The van der Waals surface area contributed by atoms with E-state index in [1.165, 1.54) is 0 Å². The molecule has 0 amide bonds. The molecule has 1 heterocycles. The number of fused-ring (bicyclic) bond motifs is 1. The van der Waals surface area contributed by atoms with Crippen molar-refractivity contribution in [2.24, 2.45) is 9.06 Å². The molecule has 0 aromatic rings. The molecule has 0 saturated carbocycles. The van der Waals surface area contributed by atoms with Gasteiger partial charge in [-0.3, -0.25) is 3.15 Å². The molecule has 0 radical (unpaired) electrons. The first-order chi connectivity index (χ1) is 5.38. The van der Waals surface area contributed by atoms with Crippen molar-refractivity contribution in [3.8, 4) is 0 Å². The fourth-order valence-corrected chi connectivity index (χ4v) is 3.01. The lowest BCUT2D eigenvalue weighted by Crippen LogP contribution is -2.27. The van der Waals surface area contributed by atoms with Crippen LogP contribution >= 0.6 is 21.0 Å². The van der Waals surface area contributed by atoms with Gasteiger partial charge in [0.15, 0.2) is 0 Å². The predicted molar refractivity (Wildman–Crippen MR) is 50.1 cm³/mol. The van der Waals surface area contributed by atoms with Crippen molar-refractivity contribution >= 4 is 21.0 Å². The van der Waals surface area contributed by atoms with Crippen molar-refractivity contribution in [2.75, 3.05) is 0 Å². The van der Waals surface area contributed by atoms with E-state index in [1.54, 1.807) is 6.08 Å². The van der Waals surface area contributed by atoms with Crippen molar-refractivity contribution in [1.29, 1.82) is 0 Å². The van der Waals surface area contributed by atoms with Crippen LogP contribution in [0.15, 0.2) is 37.3 Å². The molecule has 0 fully saturated rings. The maximum absolute atomic E-state index is 11.2. The molecule has 2 rings (SSSR count). The minimum absolute atomic E-state index is 0.0715. The van der Waals surface area contributed by atoms with Gasteiger partial charge in [0.05, 0.1) is 6.04 Å². The zero-order chi connectivity index (χ0) is 7.68. The van der Waals surface area contributed by atoms with E-state index in [0.29, 0.717) is 0 Å². The van der Waals surface area contributed by atoms with Crippen LogP contribution in [-0.4, -0.2) is 6.04 Å². The molecule has 2 atom stereocenters. The maximum Gasteiger partial charge on any atom is 0.0766 e. The van der Waals surface area contributed by atoms with Gasteiger partial charge in [-0.15, -0.1) is 5.76 Å². The van der Waals surface area contributed by atoms with Crippen LogP contribution < -0.4 is 5.11 Å². The van der Waals surface area contributed by atoms with Crippen LogP contribution in [0.1, 0.15) is 0 Å². The summed E-state index contributed by atoms with van der Waals surface area (Å²) < 4.78 is 6.44. The van der Waals surface area contributed by atoms with Crippen LogP contribution in [0.3, 0.4) is 0 Å². The Morgan fingerprint density at radius 2 is 2.36 bits per heavy atom. The molecule has 11 heavy (non-hydrogen) atoms. The third-order valence-corrected chi connectivity index (χ3v) is 3.42. The summed E-state index contributed by atoms with van der Waals surface area (Å²) in [6.07, 6.45) is 7.59. The second-order valence-corrected chi connectivity index (χ2v) is 4.32. The lowest BCUT2D eigenvalue weighted by Gasteiger charge is -2.28. The second-order valence-electron chi connectivity index (χ2n) is 2.49. The maximum atomic E-state index is 11.2. The summed E-state index contributed by atoms with van der Waals surface area (Å²) in [5.41, 5.74) is 0. The van der Waals surface area contributed by atoms with Gasteiger partial charge in [-0.05, 0) is 4.08 Å². The molecule has 2 nitrogen and oxygen atoms in total. The summed E-state index contributed by atoms with van der Waals surface area (Å²) in [5.74, 6) is 0.419. The molecule has 1 aliphatic carbocycles. The molecule has 0 saturated heterocycles. The Kier molecular flexibility index (Phi) is 1.89. The fraction of sp³-hybridized carbons (Fsp3) is 0.250. The quantitative estimate of drug-likeness (QED) is 0.607. The van der Waals surface area contributed by atoms with Gasteiger partial charge >= 0.3 is 0 Å². The Bertz CT molecular complexity index is 278. The molecule has 2 unspecified atom stereocenters. The predicted octanol–water partition coefficient (Wildman–Crippen LogP) is 1.47. The number of hydrogen-bond acceptors (Lipinski definition) is 2. The summed E-state index contributed by atoms with van der Waals surface area (Å²) in [6.45, 7) is 0. The smallest absolute Gasteiger partial charge is 0.0766 e. The van der Waals surface area contributed by atoms with E-state index in [4.69, 9.17) is 0 Å². The molecule has 3 heteroatoms. The summed E-state index contributed by atoms with van der Waals surface area (Å²) in [5, 5.41) is 11.2. The Morgan fingerprint density at radius 3 is 3.18 bits per heavy atom. The largest absolute Gasteiger partial charge is 0.874 e. The highest BCUT2D eigenvalue weighted by Crippen LogP contribution is 2.28. The number of hydrogen-bond donors (Lipinski definition) is 0. The highest BCUT2D eigenvalue weighted by molar-refractivity contribution is 14.2. The molecule has 1 aliphatic heterocycles. The van der Waals surface area contributed by atoms with E-state index in [2.05, 4.69) is 13.3 Å². The van der Waals surface area contributed by atoms with Gasteiger partial charge in [0.1, 0.15) is 0 Å². The van der Waals surface area contributed by atoms with Crippen LogP contribution in [0.4, 0.5) is 0 Å². The number of allylic oxidation sites excluding steroid dienone is 2. The average Bonchev–Trinajstić information content (AvgIpc) is 2.06. The lowest BCUT2D eigenvalue weighted by molar-refractivity contribution is -0.310. The summed E-state index contributed by atoms with van der Waals surface area (Å²) in [7, 11) is 0. The third kappa shape index (κ3) is 1.29. The molecule has 0 aromatic heterocycles. The molecule has 0 aromatic carbocycles.